The number of amides is 5. The lowest BCUT2D eigenvalue weighted by atomic mass is 9.88. The maximum Gasteiger partial charge on any atom is 0.405 e. The molecule has 0 spiro atoms. The van der Waals surface area contributed by atoms with Crippen LogP contribution in [0.4, 0.5) is 58.4 Å². The number of carbonyl (C=O) groups excluding carboxylic acids is 4. The van der Waals surface area contributed by atoms with Crippen molar-refractivity contribution < 1.29 is 59.1 Å². The molecule has 3 aromatic heterocycles. The van der Waals surface area contributed by atoms with Crippen LogP contribution in [0.3, 0.4) is 0 Å². The molecule has 1 aromatic carbocycles. The van der Waals surface area contributed by atoms with Gasteiger partial charge in [0.2, 0.25) is 17.7 Å². The fourth-order valence-corrected chi connectivity index (χ4v) is 8.82. The third-order valence-corrected chi connectivity index (χ3v) is 12.1. The molecule has 3 aliphatic heterocycles. The summed E-state index contributed by atoms with van der Waals surface area (Å²) in [6.45, 7) is 0.766. The molecular formula is C41H44F7N11O6. The summed E-state index contributed by atoms with van der Waals surface area (Å²) >= 11 is 0. The molecule has 0 unspecified atom stereocenters. The summed E-state index contributed by atoms with van der Waals surface area (Å²) in [5.41, 5.74) is -1.20. The van der Waals surface area contributed by atoms with Gasteiger partial charge >= 0.3 is 12.2 Å². The van der Waals surface area contributed by atoms with E-state index in [4.69, 9.17) is 9.15 Å². The number of halogens is 7. The van der Waals surface area contributed by atoms with Crippen LogP contribution < -0.4 is 25.8 Å². The fraction of sp³-hybridized carbons (Fsp3) is 0.488. The highest BCUT2D eigenvalue weighted by Crippen LogP contribution is 2.37. The number of benzene rings is 1. The van der Waals surface area contributed by atoms with Crippen molar-refractivity contribution in [2.45, 2.75) is 62.8 Å². The van der Waals surface area contributed by atoms with Crippen molar-refractivity contribution in [2.75, 3.05) is 80.0 Å². The summed E-state index contributed by atoms with van der Waals surface area (Å²) in [4.78, 5) is 65.1. The van der Waals surface area contributed by atoms with Gasteiger partial charge in [-0.25, -0.2) is 32.3 Å². The van der Waals surface area contributed by atoms with Crippen LogP contribution >= 0.6 is 0 Å². The van der Waals surface area contributed by atoms with E-state index < -0.39 is 65.9 Å². The van der Waals surface area contributed by atoms with Crippen molar-refractivity contribution >= 4 is 46.6 Å². The number of rotatable bonds is 13. The Morgan fingerprint density at radius 2 is 1.72 bits per heavy atom. The lowest BCUT2D eigenvalue weighted by Crippen LogP contribution is -2.63. The van der Waals surface area contributed by atoms with Crippen LogP contribution in [0.25, 0.3) is 11.5 Å². The first-order valence-corrected chi connectivity index (χ1v) is 20.8. The molecule has 3 N–H and O–H groups in total. The first-order valence-electron chi connectivity index (χ1n) is 20.8. The molecule has 1 atom stereocenters. The number of nitrogens with zero attached hydrogens (tertiary/aromatic N) is 8. The second-order valence-electron chi connectivity index (χ2n) is 16.3. The van der Waals surface area contributed by atoms with Crippen LogP contribution in [0, 0.1) is 17.6 Å². The van der Waals surface area contributed by atoms with Crippen molar-refractivity contribution in [1.29, 1.82) is 0 Å². The van der Waals surface area contributed by atoms with Crippen molar-refractivity contribution in [3.8, 4) is 11.5 Å². The van der Waals surface area contributed by atoms with Gasteiger partial charge in [-0.2, -0.15) is 18.3 Å². The number of piperazine rings is 1. The Balaban J connectivity index is 0.838. The monoisotopic (exact) mass is 919 g/mol. The Morgan fingerprint density at radius 1 is 1.00 bits per heavy atom. The Hall–Kier alpha value is -6.30. The lowest BCUT2D eigenvalue weighted by Gasteiger charge is -2.49. The average Bonchev–Trinajstić information content (AvgIpc) is 3.92. The van der Waals surface area contributed by atoms with E-state index in [1.54, 1.807) is 16.9 Å². The molecule has 6 heterocycles. The SMILES string of the molecule is COC[C@@H]1CN(C(=O)C2CN(c3cc(F)c(N4CCC(=O)NC4=O)c(F)c3)C2)CCN1C1CCC(n2cc(NC(=O)c3coc(-c4ccnc(NCC(F)(F)F)c4)n3)c(C(F)F)n2)CC1. The van der Waals surface area contributed by atoms with Crippen molar-refractivity contribution in [1.82, 2.24) is 34.9 Å². The van der Waals surface area contributed by atoms with Crippen molar-refractivity contribution in [3.63, 3.8) is 0 Å². The van der Waals surface area contributed by atoms with Gasteiger partial charge in [0, 0.05) is 82.5 Å². The summed E-state index contributed by atoms with van der Waals surface area (Å²) in [5.74, 6) is -4.02. The highest BCUT2D eigenvalue weighted by molar-refractivity contribution is 6.06. The molecule has 348 valence electrons. The normalized spacial score (nSPS) is 21.1. The molecule has 24 heteroatoms. The van der Waals surface area contributed by atoms with E-state index >= 15 is 8.78 Å². The first kappa shape index (κ1) is 45.3. The molecule has 3 saturated heterocycles. The average molecular weight is 920 g/mol. The number of urea groups is 1. The van der Waals surface area contributed by atoms with E-state index in [0.29, 0.717) is 51.9 Å². The van der Waals surface area contributed by atoms with E-state index in [9.17, 15) is 41.1 Å². The summed E-state index contributed by atoms with van der Waals surface area (Å²) in [7, 11) is 1.58. The molecular weight excluding hydrogens is 876 g/mol. The number of imide groups is 1. The molecule has 65 heavy (non-hydrogen) atoms. The number of nitrogens with one attached hydrogen (secondary N) is 3. The maximum atomic E-state index is 15.1. The molecule has 1 saturated carbocycles. The number of hydrogen-bond donors (Lipinski definition) is 3. The van der Waals surface area contributed by atoms with Crippen molar-refractivity contribution in [2.24, 2.45) is 5.92 Å². The molecule has 8 rings (SSSR count). The Morgan fingerprint density at radius 3 is 2.40 bits per heavy atom. The predicted molar refractivity (Wildman–Crippen MR) is 217 cm³/mol. The minimum atomic E-state index is -4.48. The number of alkyl halides is 5. The quantitative estimate of drug-likeness (QED) is 0.142. The molecule has 5 amide bonds. The number of oxazole rings is 1. The van der Waals surface area contributed by atoms with Crippen LogP contribution in [0.2, 0.25) is 0 Å². The zero-order chi connectivity index (χ0) is 46.2. The van der Waals surface area contributed by atoms with E-state index in [0.717, 1.165) is 23.3 Å². The van der Waals surface area contributed by atoms with E-state index in [2.05, 4.69) is 30.6 Å². The van der Waals surface area contributed by atoms with E-state index in [-0.39, 0.29) is 84.4 Å². The second-order valence-corrected chi connectivity index (χ2v) is 16.3. The maximum absolute atomic E-state index is 15.1. The minimum Gasteiger partial charge on any atom is -0.444 e. The number of pyridine rings is 1. The predicted octanol–water partition coefficient (Wildman–Crippen LogP) is 5.60. The highest BCUT2D eigenvalue weighted by Gasteiger charge is 2.41. The number of methoxy groups -OCH3 is 1. The Kier molecular flexibility index (Phi) is 13.0. The van der Waals surface area contributed by atoms with Gasteiger partial charge in [-0.15, -0.1) is 0 Å². The van der Waals surface area contributed by atoms with Gasteiger partial charge in [0.05, 0.1) is 30.3 Å². The molecule has 17 nitrogen and oxygen atoms in total. The van der Waals surface area contributed by atoms with Crippen LogP contribution in [0.5, 0.6) is 0 Å². The summed E-state index contributed by atoms with van der Waals surface area (Å²) < 4.78 is 109. The summed E-state index contributed by atoms with van der Waals surface area (Å²) in [6, 6.07) is 3.71. The molecule has 0 bridgehead atoms. The van der Waals surface area contributed by atoms with Gasteiger partial charge in [0.15, 0.2) is 23.0 Å². The smallest absolute Gasteiger partial charge is 0.405 e. The second kappa shape index (κ2) is 18.7. The van der Waals surface area contributed by atoms with Crippen LogP contribution in [0.15, 0.2) is 47.3 Å². The topological polar surface area (TPSA) is 183 Å². The zero-order valence-corrected chi connectivity index (χ0v) is 34.8. The summed E-state index contributed by atoms with van der Waals surface area (Å²) in [6.07, 6.45) is -1.45. The van der Waals surface area contributed by atoms with Gasteiger partial charge in [-0.3, -0.25) is 34.2 Å². The first-order chi connectivity index (χ1) is 31.0. The minimum absolute atomic E-state index is 0.0819. The van der Waals surface area contributed by atoms with Crippen LogP contribution in [-0.4, -0.2) is 131 Å². The number of carbonyl (C=O) groups is 4. The fourth-order valence-electron chi connectivity index (χ4n) is 8.82. The molecule has 1 aliphatic carbocycles. The third-order valence-electron chi connectivity index (χ3n) is 12.1. The Bertz CT molecular complexity index is 2390. The van der Waals surface area contributed by atoms with Gasteiger partial charge in [0.25, 0.3) is 12.3 Å². The number of aromatic nitrogens is 4. The largest absolute Gasteiger partial charge is 0.444 e. The van der Waals surface area contributed by atoms with Gasteiger partial charge < -0.3 is 29.6 Å². The molecule has 4 fully saturated rings. The van der Waals surface area contributed by atoms with Gasteiger partial charge in [-0.05, 0) is 49.9 Å². The zero-order valence-electron chi connectivity index (χ0n) is 34.8. The van der Waals surface area contributed by atoms with Crippen LogP contribution in [0.1, 0.15) is 60.8 Å². The Labute approximate surface area is 366 Å². The molecule has 4 aliphatic rings. The highest BCUT2D eigenvalue weighted by atomic mass is 19.4. The van der Waals surface area contributed by atoms with E-state index in [1.807, 2.05) is 5.32 Å². The van der Waals surface area contributed by atoms with Gasteiger partial charge in [0.1, 0.15) is 24.3 Å². The molecule has 4 aromatic rings. The number of hydrogen-bond acceptors (Lipinski definition) is 12. The van der Waals surface area contributed by atoms with E-state index in [1.165, 1.54) is 29.2 Å². The lowest BCUT2D eigenvalue weighted by molar-refractivity contribution is -0.141. The van der Waals surface area contributed by atoms with Gasteiger partial charge in [-0.1, -0.05) is 0 Å². The number of anilines is 4. The molecule has 0 radical (unpaired) electrons. The van der Waals surface area contributed by atoms with Crippen molar-refractivity contribution in [3.05, 3.63) is 65.9 Å². The third kappa shape index (κ3) is 10.0. The number of ether oxygens (including phenoxy) is 1. The summed E-state index contributed by atoms with van der Waals surface area (Å²) in [5, 5.41) is 10.8. The standard InChI is InChI=1S/C41H44F7N11O6/c1-64-19-27-17-55(39(62)23-15-56(16-23)26-13-28(42)35(29(43)14-26)58-9-7-33(60)53-40(58)63)10-11-57(27)24-2-4-25(5-3-24)59-18-30(34(54-59)36(44)45)51-37(61)31-20-65-38(52-31)22-6-8-49-32(12-22)50-21-41(46,47)48/h6,8,12-14,18,20,23-25,27,36H,2-5,7,9-11,15-17,19,21H2,1H3,(H,49,50)(H,51,61)(H,53,60,63)/t24?,25?,27-/m0/s1. The van der Waals surface area contributed by atoms with Crippen LogP contribution in [-0.2, 0) is 14.3 Å².